The molecule has 0 saturated heterocycles. The minimum atomic E-state index is -0.650. The van der Waals surface area contributed by atoms with Crippen molar-refractivity contribution in [2.24, 2.45) is 0 Å². The van der Waals surface area contributed by atoms with Crippen LogP contribution >= 0.6 is 11.6 Å². The molecule has 1 aromatic heterocycles. The lowest BCUT2D eigenvalue weighted by Gasteiger charge is -2.01. The molecule has 0 spiro atoms. The summed E-state index contributed by atoms with van der Waals surface area (Å²) in [6.07, 6.45) is 0. The number of rotatable bonds is 2. The maximum atomic E-state index is 11.5. The molecule has 0 aliphatic carbocycles. The number of hydrogen-bond donors (Lipinski definition) is 1. The van der Waals surface area contributed by atoms with Crippen LogP contribution in [0.1, 0.15) is 10.5 Å². The fraction of sp³-hybridized carbons (Fsp3) is 0. The third-order valence-electron chi connectivity index (χ3n) is 1.74. The molecule has 0 radical (unpaired) electrons. The van der Waals surface area contributed by atoms with Crippen molar-refractivity contribution in [1.29, 1.82) is 0 Å². The van der Waals surface area contributed by atoms with Gasteiger partial charge in [-0.25, -0.2) is 4.79 Å². The van der Waals surface area contributed by atoms with E-state index in [1.165, 1.54) is 12.1 Å². The van der Waals surface area contributed by atoms with Gasteiger partial charge in [-0.2, -0.15) is 0 Å². The lowest BCUT2D eigenvalue weighted by Crippen LogP contribution is -2.08. The van der Waals surface area contributed by atoms with Gasteiger partial charge in [-0.3, -0.25) is 0 Å². The van der Waals surface area contributed by atoms with Crippen molar-refractivity contribution < 1.29 is 14.1 Å². The lowest BCUT2D eigenvalue weighted by atomic mass is 10.3. The van der Waals surface area contributed by atoms with E-state index in [9.17, 15) is 4.79 Å². The summed E-state index contributed by atoms with van der Waals surface area (Å²) in [5.74, 6) is -0.264. The van der Waals surface area contributed by atoms with Crippen molar-refractivity contribution in [1.82, 2.24) is 5.16 Å². The largest absolute Gasteiger partial charge is 0.422 e. The van der Waals surface area contributed by atoms with E-state index in [4.69, 9.17) is 22.1 Å². The Labute approximate surface area is 95.7 Å². The van der Waals surface area contributed by atoms with Crippen LogP contribution in [0.15, 0.2) is 34.9 Å². The number of aromatic nitrogens is 1. The van der Waals surface area contributed by atoms with Gasteiger partial charge in [-0.1, -0.05) is 22.8 Å². The molecule has 1 aromatic carbocycles. The zero-order chi connectivity index (χ0) is 11.5. The molecule has 0 amide bonds. The molecule has 1 heterocycles. The number of anilines is 1. The minimum Gasteiger partial charge on any atom is -0.422 e. The van der Waals surface area contributed by atoms with Crippen molar-refractivity contribution in [3.63, 3.8) is 0 Å². The predicted octanol–water partition coefficient (Wildman–Crippen LogP) is 2.13. The van der Waals surface area contributed by atoms with Gasteiger partial charge in [0.2, 0.25) is 5.88 Å². The Morgan fingerprint density at radius 2 is 2.25 bits per heavy atom. The summed E-state index contributed by atoms with van der Waals surface area (Å²) in [5, 5.41) is 3.90. The summed E-state index contributed by atoms with van der Waals surface area (Å²) in [4.78, 5) is 11.5. The van der Waals surface area contributed by atoms with Crippen molar-refractivity contribution in [3.8, 4) is 5.75 Å². The average molecular weight is 239 g/mol. The first-order chi connectivity index (χ1) is 7.65. The smallest absolute Gasteiger partial charge is 0.366 e. The summed E-state index contributed by atoms with van der Waals surface area (Å²) in [6.45, 7) is 0. The van der Waals surface area contributed by atoms with Crippen LogP contribution in [0.5, 0.6) is 5.75 Å². The highest BCUT2D eigenvalue weighted by Crippen LogP contribution is 2.18. The van der Waals surface area contributed by atoms with Gasteiger partial charge < -0.3 is 15.0 Å². The van der Waals surface area contributed by atoms with Crippen molar-refractivity contribution >= 4 is 23.5 Å². The van der Waals surface area contributed by atoms with E-state index in [0.717, 1.165) is 0 Å². The fourth-order valence-electron chi connectivity index (χ4n) is 1.08. The van der Waals surface area contributed by atoms with E-state index in [-0.39, 0.29) is 11.6 Å². The molecule has 0 atom stereocenters. The van der Waals surface area contributed by atoms with E-state index < -0.39 is 5.97 Å². The number of carbonyl (C=O) groups excluding carboxylic acids is 1. The molecular weight excluding hydrogens is 232 g/mol. The molecule has 0 unspecified atom stereocenters. The maximum Gasteiger partial charge on any atom is 0.366 e. The number of benzene rings is 1. The van der Waals surface area contributed by atoms with E-state index in [1.54, 1.807) is 18.2 Å². The molecule has 82 valence electrons. The van der Waals surface area contributed by atoms with E-state index in [0.29, 0.717) is 10.8 Å². The highest BCUT2D eigenvalue weighted by Gasteiger charge is 2.13. The van der Waals surface area contributed by atoms with Crippen molar-refractivity contribution in [2.45, 2.75) is 0 Å². The SMILES string of the molecule is Nc1cc(C(=O)Oc2cccc(Cl)c2)no1. The van der Waals surface area contributed by atoms with Crippen LogP contribution in [0.2, 0.25) is 5.02 Å². The standard InChI is InChI=1S/C10H7ClN2O3/c11-6-2-1-3-7(4-6)15-10(14)8-5-9(12)16-13-8/h1-5H,12H2. The highest BCUT2D eigenvalue weighted by atomic mass is 35.5. The zero-order valence-corrected chi connectivity index (χ0v) is 8.77. The fourth-order valence-corrected chi connectivity index (χ4v) is 1.26. The van der Waals surface area contributed by atoms with Gasteiger partial charge in [0, 0.05) is 11.1 Å². The molecule has 0 saturated carbocycles. The van der Waals surface area contributed by atoms with Crippen molar-refractivity contribution in [2.75, 3.05) is 5.73 Å². The quantitative estimate of drug-likeness (QED) is 0.641. The Kier molecular flexibility index (Phi) is 2.78. The number of nitrogen functional groups attached to an aromatic ring is 1. The van der Waals surface area contributed by atoms with Gasteiger partial charge in [0.05, 0.1) is 0 Å². The van der Waals surface area contributed by atoms with E-state index >= 15 is 0 Å². The maximum absolute atomic E-state index is 11.5. The summed E-state index contributed by atoms with van der Waals surface area (Å²) in [7, 11) is 0. The van der Waals surface area contributed by atoms with Gasteiger partial charge in [0.1, 0.15) is 5.75 Å². The summed E-state index contributed by atoms with van der Waals surface area (Å²) in [6, 6.07) is 7.75. The number of esters is 1. The monoisotopic (exact) mass is 238 g/mol. The lowest BCUT2D eigenvalue weighted by molar-refractivity contribution is 0.0724. The zero-order valence-electron chi connectivity index (χ0n) is 8.01. The van der Waals surface area contributed by atoms with Gasteiger partial charge in [0.25, 0.3) is 0 Å². The highest BCUT2D eigenvalue weighted by molar-refractivity contribution is 6.30. The predicted molar refractivity (Wildman–Crippen MR) is 57.3 cm³/mol. The number of hydrogen-bond acceptors (Lipinski definition) is 5. The van der Waals surface area contributed by atoms with Crippen LogP contribution in [-0.2, 0) is 0 Å². The van der Waals surface area contributed by atoms with Crippen LogP contribution in [0.3, 0.4) is 0 Å². The number of carbonyl (C=O) groups is 1. The van der Waals surface area contributed by atoms with Crippen LogP contribution in [0.25, 0.3) is 0 Å². The Morgan fingerprint density at radius 3 is 2.88 bits per heavy atom. The number of nitrogens with two attached hydrogens (primary N) is 1. The Hall–Kier alpha value is -2.01. The van der Waals surface area contributed by atoms with Gasteiger partial charge >= 0.3 is 5.97 Å². The second kappa shape index (κ2) is 4.24. The Bertz CT molecular complexity index is 524. The molecule has 0 bridgehead atoms. The van der Waals surface area contributed by atoms with E-state index in [2.05, 4.69) is 9.68 Å². The normalized spacial score (nSPS) is 10.1. The molecule has 0 aliphatic heterocycles. The molecule has 2 N–H and O–H groups in total. The molecule has 5 nitrogen and oxygen atoms in total. The molecule has 0 fully saturated rings. The third-order valence-corrected chi connectivity index (χ3v) is 1.98. The second-order valence-corrected chi connectivity index (χ2v) is 3.40. The first-order valence-corrected chi connectivity index (χ1v) is 4.73. The average Bonchev–Trinajstić information content (AvgIpc) is 2.65. The molecule has 2 rings (SSSR count). The van der Waals surface area contributed by atoms with Gasteiger partial charge in [-0.15, -0.1) is 0 Å². The third kappa shape index (κ3) is 2.32. The summed E-state index contributed by atoms with van der Waals surface area (Å²) in [5.41, 5.74) is 5.29. The van der Waals surface area contributed by atoms with Crippen LogP contribution in [0, 0.1) is 0 Å². The number of halogens is 1. The number of nitrogens with zero attached hydrogens (tertiary/aromatic N) is 1. The topological polar surface area (TPSA) is 78.4 Å². The van der Waals surface area contributed by atoms with E-state index in [1.807, 2.05) is 0 Å². The van der Waals surface area contributed by atoms with Gasteiger partial charge in [-0.05, 0) is 18.2 Å². The molecule has 0 aliphatic rings. The first kappa shape index (κ1) is 10.5. The molecular formula is C10H7ClN2O3. The first-order valence-electron chi connectivity index (χ1n) is 4.35. The Balaban J connectivity index is 2.13. The van der Waals surface area contributed by atoms with Crippen LogP contribution < -0.4 is 10.5 Å². The minimum absolute atomic E-state index is 0.0116. The van der Waals surface area contributed by atoms with Crippen molar-refractivity contribution in [3.05, 3.63) is 41.0 Å². The Morgan fingerprint density at radius 1 is 1.44 bits per heavy atom. The van der Waals surface area contributed by atoms with Crippen LogP contribution in [-0.4, -0.2) is 11.1 Å². The summed E-state index contributed by atoms with van der Waals surface area (Å²) < 4.78 is 9.54. The molecule has 16 heavy (non-hydrogen) atoms. The summed E-state index contributed by atoms with van der Waals surface area (Å²) >= 11 is 5.73. The molecule has 6 heteroatoms. The van der Waals surface area contributed by atoms with Gasteiger partial charge in [0.15, 0.2) is 5.69 Å². The molecule has 2 aromatic rings. The second-order valence-electron chi connectivity index (χ2n) is 2.96. The van der Waals surface area contributed by atoms with Crippen LogP contribution in [0.4, 0.5) is 5.88 Å². The number of ether oxygens (including phenoxy) is 1.